The normalized spacial score (nSPS) is 12.9. The molecule has 1 amide bonds. The fraction of sp³-hybridized carbons (Fsp3) is 0.200. The van der Waals surface area contributed by atoms with Crippen LogP contribution in [0, 0.1) is 0 Å². The van der Waals surface area contributed by atoms with E-state index in [1.165, 1.54) is 11.3 Å². The lowest BCUT2D eigenvalue weighted by Gasteiger charge is -2.31. The van der Waals surface area contributed by atoms with Crippen molar-refractivity contribution in [3.8, 4) is 0 Å². The number of fused-ring (bicyclic) bond motifs is 1. The second kappa shape index (κ2) is 8.74. The van der Waals surface area contributed by atoms with Crippen molar-refractivity contribution >= 4 is 17.4 Å². The lowest BCUT2D eigenvalue weighted by Crippen LogP contribution is -2.32. The van der Waals surface area contributed by atoms with Crippen LogP contribution in [0.2, 0.25) is 0 Å². The maximum Gasteiger partial charge on any atom is 0.252 e. The summed E-state index contributed by atoms with van der Waals surface area (Å²) in [5.74, 6) is -0.309. The number of amides is 1. The molecule has 4 rings (SSSR count). The van der Waals surface area contributed by atoms with Gasteiger partial charge in [-0.15, -0.1) is 0 Å². The molecule has 1 aliphatic heterocycles. The van der Waals surface area contributed by atoms with Gasteiger partial charge in [0.2, 0.25) is 0 Å². The molecule has 0 fully saturated rings. The molecule has 1 aliphatic rings. The van der Waals surface area contributed by atoms with Gasteiger partial charge in [0.25, 0.3) is 5.91 Å². The number of hydrogen-bond donors (Lipinski definition) is 1. The van der Waals surface area contributed by atoms with Gasteiger partial charge in [-0.3, -0.25) is 9.59 Å². The van der Waals surface area contributed by atoms with E-state index in [4.69, 9.17) is 0 Å². The van der Waals surface area contributed by atoms with Crippen LogP contribution < -0.4 is 10.2 Å². The molecule has 3 aromatic carbocycles. The zero-order chi connectivity index (χ0) is 20.1. The molecule has 0 radical (unpaired) electrons. The highest BCUT2D eigenvalue weighted by molar-refractivity contribution is 6.02. The van der Waals surface area contributed by atoms with Crippen LogP contribution in [0.1, 0.15) is 38.3 Å². The Bertz CT molecular complexity index is 1010. The maximum atomic E-state index is 12.8. The molecule has 29 heavy (non-hydrogen) atoms. The zero-order valence-corrected chi connectivity index (χ0v) is 16.3. The van der Waals surface area contributed by atoms with E-state index < -0.39 is 0 Å². The highest BCUT2D eigenvalue weighted by Gasteiger charge is 2.19. The summed E-state index contributed by atoms with van der Waals surface area (Å²) in [6.07, 6.45) is 2.20. The van der Waals surface area contributed by atoms with E-state index in [-0.39, 0.29) is 18.2 Å². The number of nitrogens with zero attached hydrogens (tertiary/aromatic N) is 1. The number of ketones is 1. The summed E-state index contributed by atoms with van der Waals surface area (Å²) in [4.78, 5) is 27.4. The van der Waals surface area contributed by atoms with Crippen LogP contribution in [0.25, 0.3) is 0 Å². The molecule has 0 unspecified atom stereocenters. The van der Waals surface area contributed by atoms with Gasteiger partial charge in [0.1, 0.15) is 0 Å². The average molecular weight is 384 g/mol. The molecule has 0 saturated heterocycles. The van der Waals surface area contributed by atoms with Crippen molar-refractivity contribution in [1.29, 1.82) is 0 Å². The Morgan fingerprint density at radius 2 is 1.59 bits per heavy atom. The Kier molecular flexibility index (Phi) is 5.71. The van der Waals surface area contributed by atoms with Crippen molar-refractivity contribution in [2.45, 2.75) is 19.4 Å². The minimum absolute atomic E-state index is 0.0102. The third kappa shape index (κ3) is 4.37. The molecule has 0 spiro atoms. The minimum atomic E-state index is -0.213. The predicted molar refractivity (Wildman–Crippen MR) is 115 cm³/mol. The number of para-hydroxylation sites is 1. The molecule has 0 aromatic heterocycles. The zero-order valence-electron chi connectivity index (χ0n) is 16.3. The molecule has 0 atom stereocenters. The summed E-state index contributed by atoms with van der Waals surface area (Å²) < 4.78 is 0. The third-order valence-corrected chi connectivity index (χ3v) is 5.33. The number of hydrogen-bond acceptors (Lipinski definition) is 3. The predicted octanol–water partition coefficient (Wildman–Crippen LogP) is 4.25. The summed E-state index contributed by atoms with van der Waals surface area (Å²) in [6.45, 7) is 1.64. The van der Waals surface area contributed by atoms with Gasteiger partial charge in [0.15, 0.2) is 5.78 Å². The molecule has 0 bridgehead atoms. The summed E-state index contributed by atoms with van der Waals surface area (Å²) >= 11 is 0. The standard InChI is InChI=1S/C25H24N2O2/c28-24(20-10-2-1-3-11-20)17-26-25(29)22-14-6-4-12-21(22)18-27-16-8-13-19-9-5-7-15-23(19)27/h1-7,9-12,14-15H,8,13,16-18H2,(H,26,29). The summed E-state index contributed by atoms with van der Waals surface area (Å²) in [6, 6.07) is 25.1. The fourth-order valence-electron chi connectivity index (χ4n) is 3.84. The highest BCUT2D eigenvalue weighted by atomic mass is 16.2. The highest BCUT2D eigenvalue weighted by Crippen LogP contribution is 2.28. The average Bonchev–Trinajstić information content (AvgIpc) is 2.78. The third-order valence-electron chi connectivity index (χ3n) is 5.33. The summed E-state index contributed by atoms with van der Waals surface area (Å²) in [7, 11) is 0. The maximum absolute atomic E-state index is 12.8. The number of carbonyl (C=O) groups is 2. The van der Waals surface area contributed by atoms with Gasteiger partial charge in [0.05, 0.1) is 6.54 Å². The van der Waals surface area contributed by atoms with Crippen molar-refractivity contribution in [2.75, 3.05) is 18.0 Å². The van der Waals surface area contributed by atoms with Gasteiger partial charge in [0, 0.05) is 29.9 Å². The number of nitrogens with one attached hydrogen (secondary N) is 1. The molecular formula is C25H24N2O2. The van der Waals surface area contributed by atoms with Crippen LogP contribution in [0.15, 0.2) is 78.9 Å². The van der Waals surface area contributed by atoms with Crippen molar-refractivity contribution in [3.63, 3.8) is 0 Å². The van der Waals surface area contributed by atoms with Crippen LogP contribution in [0.5, 0.6) is 0 Å². The molecular weight excluding hydrogens is 360 g/mol. The smallest absolute Gasteiger partial charge is 0.252 e. The van der Waals surface area contributed by atoms with Crippen molar-refractivity contribution < 1.29 is 9.59 Å². The number of rotatable bonds is 6. The van der Waals surface area contributed by atoms with Crippen molar-refractivity contribution in [2.24, 2.45) is 0 Å². The molecule has 1 heterocycles. The molecule has 4 heteroatoms. The number of Topliss-reactive ketones (excluding diaryl/α,β-unsaturated/α-hetero) is 1. The number of carbonyl (C=O) groups excluding carboxylic acids is 2. The minimum Gasteiger partial charge on any atom is -0.367 e. The van der Waals surface area contributed by atoms with Gasteiger partial charge >= 0.3 is 0 Å². The van der Waals surface area contributed by atoms with Crippen LogP contribution in [-0.4, -0.2) is 24.8 Å². The molecule has 3 aromatic rings. The first kappa shape index (κ1) is 18.9. The van der Waals surface area contributed by atoms with E-state index in [2.05, 4.69) is 34.5 Å². The Morgan fingerprint density at radius 1 is 0.862 bits per heavy atom. The largest absolute Gasteiger partial charge is 0.367 e. The summed E-state index contributed by atoms with van der Waals surface area (Å²) in [5.41, 5.74) is 4.79. The van der Waals surface area contributed by atoms with E-state index in [0.717, 1.165) is 24.9 Å². The van der Waals surface area contributed by atoms with E-state index >= 15 is 0 Å². The SMILES string of the molecule is O=C(CNC(=O)c1ccccc1CN1CCCc2ccccc21)c1ccccc1. The Balaban J connectivity index is 1.47. The van der Waals surface area contributed by atoms with Crippen LogP contribution in [0.4, 0.5) is 5.69 Å². The Hall–Kier alpha value is -3.40. The Labute approximate surface area is 171 Å². The molecule has 0 saturated carbocycles. The molecule has 1 N–H and O–H groups in total. The van der Waals surface area contributed by atoms with E-state index in [1.807, 2.05) is 42.5 Å². The molecule has 146 valence electrons. The Morgan fingerprint density at radius 3 is 2.45 bits per heavy atom. The fourth-order valence-corrected chi connectivity index (χ4v) is 3.84. The van der Waals surface area contributed by atoms with Gasteiger partial charge in [-0.2, -0.15) is 0 Å². The van der Waals surface area contributed by atoms with Crippen LogP contribution >= 0.6 is 0 Å². The lowest BCUT2D eigenvalue weighted by molar-refractivity contribution is 0.0903. The second-order valence-electron chi connectivity index (χ2n) is 7.28. The van der Waals surface area contributed by atoms with Gasteiger partial charge < -0.3 is 10.2 Å². The number of anilines is 1. The van der Waals surface area contributed by atoms with E-state index in [1.54, 1.807) is 12.1 Å². The molecule has 4 nitrogen and oxygen atoms in total. The topological polar surface area (TPSA) is 49.4 Å². The van der Waals surface area contributed by atoms with Crippen molar-refractivity contribution in [3.05, 3.63) is 101 Å². The summed E-state index contributed by atoms with van der Waals surface area (Å²) in [5, 5.41) is 2.79. The van der Waals surface area contributed by atoms with Gasteiger partial charge in [-0.05, 0) is 36.1 Å². The number of aryl methyl sites for hydroxylation is 1. The molecule has 0 aliphatic carbocycles. The first-order valence-electron chi connectivity index (χ1n) is 9.99. The monoisotopic (exact) mass is 384 g/mol. The first-order chi connectivity index (χ1) is 14.2. The van der Waals surface area contributed by atoms with Crippen LogP contribution in [-0.2, 0) is 13.0 Å². The van der Waals surface area contributed by atoms with Crippen molar-refractivity contribution in [1.82, 2.24) is 5.32 Å². The lowest BCUT2D eigenvalue weighted by atomic mass is 10.00. The van der Waals surface area contributed by atoms with Gasteiger partial charge in [-0.25, -0.2) is 0 Å². The van der Waals surface area contributed by atoms with Crippen LogP contribution in [0.3, 0.4) is 0 Å². The quantitative estimate of drug-likeness (QED) is 0.647. The first-order valence-corrected chi connectivity index (χ1v) is 9.99. The van der Waals surface area contributed by atoms with E-state index in [0.29, 0.717) is 17.7 Å². The second-order valence-corrected chi connectivity index (χ2v) is 7.28. The van der Waals surface area contributed by atoms with Gasteiger partial charge in [-0.1, -0.05) is 66.7 Å². The van der Waals surface area contributed by atoms with E-state index in [9.17, 15) is 9.59 Å². The number of benzene rings is 3.